The zero-order chi connectivity index (χ0) is 9.47. The number of fused-ring (bicyclic) bond motifs is 1. The van der Waals surface area contributed by atoms with E-state index in [9.17, 15) is 4.79 Å². The highest BCUT2D eigenvalue weighted by Gasteiger charge is 2.49. The molecule has 2 saturated carbocycles. The highest BCUT2D eigenvalue weighted by Crippen LogP contribution is 2.54. The van der Waals surface area contributed by atoms with Crippen LogP contribution in [0.15, 0.2) is 0 Å². The molecule has 0 aromatic rings. The molecule has 0 heterocycles. The molecule has 70 valence electrons. The molecule has 0 aliphatic heterocycles. The average Bonchev–Trinajstić information content (AvgIpc) is 2.42. The van der Waals surface area contributed by atoms with Gasteiger partial charge < -0.3 is 0 Å². The van der Waals surface area contributed by atoms with Gasteiger partial charge in [-0.1, -0.05) is 6.92 Å². The molecule has 0 radical (unpaired) electrons. The molecule has 3 atom stereocenters. The minimum Gasteiger partial charge on any atom is -0.300 e. The Balaban J connectivity index is 2.22. The minimum absolute atomic E-state index is 0.155. The van der Waals surface area contributed by atoms with Gasteiger partial charge in [0.25, 0.3) is 0 Å². The van der Waals surface area contributed by atoms with E-state index in [4.69, 9.17) is 5.26 Å². The standard InChI is InChI=1S/C11H15NO/c1-11-5-4-10(13)6-8(11)2-3-9(11)7-12/h8-9H,2-6H2,1H3/t8-,9+,11+/m0/s1. The van der Waals surface area contributed by atoms with Gasteiger partial charge in [0, 0.05) is 12.8 Å². The van der Waals surface area contributed by atoms with Crippen LogP contribution in [0.4, 0.5) is 0 Å². The first-order valence-corrected chi connectivity index (χ1v) is 5.08. The maximum atomic E-state index is 11.3. The summed E-state index contributed by atoms with van der Waals surface area (Å²) in [7, 11) is 0. The summed E-state index contributed by atoms with van der Waals surface area (Å²) >= 11 is 0. The number of ketones is 1. The molecule has 2 aliphatic carbocycles. The summed E-state index contributed by atoms with van der Waals surface area (Å²) in [4.78, 5) is 11.3. The highest BCUT2D eigenvalue weighted by atomic mass is 16.1. The molecule has 0 bridgehead atoms. The highest BCUT2D eigenvalue weighted by molar-refractivity contribution is 5.79. The van der Waals surface area contributed by atoms with E-state index in [1.165, 1.54) is 0 Å². The summed E-state index contributed by atoms with van der Waals surface area (Å²) < 4.78 is 0. The lowest BCUT2D eigenvalue weighted by Gasteiger charge is -2.37. The van der Waals surface area contributed by atoms with Gasteiger partial charge in [0.15, 0.2) is 0 Å². The monoisotopic (exact) mass is 177 g/mol. The van der Waals surface area contributed by atoms with E-state index in [1.54, 1.807) is 0 Å². The van der Waals surface area contributed by atoms with Crippen LogP contribution < -0.4 is 0 Å². The maximum Gasteiger partial charge on any atom is 0.133 e. The molecule has 2 heteroatoms. The predicted octanol–water partition coefficient (Wildman–Crippen LogP) is 2.30. The van der Waals surface area contributed by atoms with Crippen LogP contribution in [-0.4, -0.2) is 5.78 Å². The molecule has 2 rings (SSSR count). The van der Waals surface area contributed by atoms with Crippen molar-refractivity contribution < 1.29 is 4.79 Å². The van der Waals surface area contributed by atoms with Crippen LogP contribution in [0.1, 0.15) is 39.0 Å². The van der Waals surface area contributed by atoms with Gasteiger partial charge >= 0.3 is 0 Å². The number of hydrogen-bond acceptors (Lipinski definition) is 2. The van der Waals surface area contributed by atoms with Gasteiger partial charge in [-0.05, 0) is 30.6 Å². The zero-order valence-electron chi connectivity index (χ0n) is 8.05. The maximum absolute atomic E-state index is 11.3. The van der Waals surface area contributed by atoms with Crippen molar-refractivity contribution in [1.82, 2.24) is 0 Å². The van der Waals surface area contributed by atoms with Gasteiger partial charge in [-0.2, -0.15) is 5.26 Å². The average molecular weight is 177 g/mol. The molecular weight excluding hydrogens is 162 g/mol. The molecule has 0 N–H and O–H groups in total. The van der Waals surface area contributed by atoms with Crippen molar-refractivity contribution in [2.45, 2.75) is 39.0 Å². The van der Waals surface area contributed by atoms with Crippen LogP contribution >= 0.6 is 0 Å². The number of carbonyl (C=O) groups excluding carboxylic acids is 1. The molecule has 0 unspecified atom stereocenters. The first-order chi connectivity index (χ1) is 6.16. The van der Waals surface area contributed by atoms with Gasteiger partial charge in [0.2, 0.25) is 0 Å². The lowest BCUT2D eigenvalue weighted by Crippen LogP contribution is -2.34. The predicted molar refractivity (Wildman–Crippen MR) is 48.8 cm³/mol. The molecule has 0 amide bonds. The van der Waals surface area contributed by atoms with Crippen LogP contribution in [-0.2, 0) is 4.79 Å². The second-order valence-corrected chi connectivity index (χ2v) is 4.70. The van der Waals surface area contributed by atoms with Crippen molar-refractivity contribution in [1.29, 1.82) is 5.26 Å². The van der Waals surface area contributed by atoms with E-state index in [1.807, 2.05) is 0 Å². The quantitative estimate of drug-likeness (QED) is 0.569. The largest absolute Gasteiger partial charge is 0.300 e. The van der Waals surface area contributed by atoms with E-state index in [2.05, 4.69) is 13.0 Å². The van der Waals surface area contributed by atoms with Gasteiger partial charge in [0.1, 0.15) is 5.78 Å². The lowest BCUT2D eigenvalue weighted by molar-refractivity contribution is -0.124. The summed E-state index contributed by atoms with van der Waals surface area (Å²) in [6.45, 7) is 2.20. The fraction of sp³-hybridized carbons (Fsp3) is 0.818. The van der Waals surface area contributed by atoms with Crippen molar-refractivity contribution in [3.8, 4) is 6.07 Å². The number of rotatable bonds is 0. The van der Waals surface area contributed by atoms with Crippen LogP contribution in [0.2, 0.25) is 0 Å². The van der Waals surface area contributed by atoms with Gasteiger partial charge in [0.05, 0.1) is 12.0 Å². The third-order valence-corrected chi connectivity index (χ3v) is 4.10. The number of nitrogens with zero attached hydrogens (tertiary/aromatic N) is 1. The van der Waals surface area contributed by atoms with Gasteiger partial charge in [-0.3, -0.25) is 4.79 Å². The summed E-state index contributed by atoms with van der Waals surface area (Å²) in [5.74, 6) is 1.10. The SMILES string of the molecule is C[C@@]12CCC(=O)C[C@@H]1CC[C@@H]2C#N. The van der Waals surface area contributed by atoms with E-state index in [0.717, 1.165) is 25.7 Å². The second-order valence-electron chi connectivity index (χ2n) is 4.70. The van der Waals surface area contributed by atoms with Crippen molar-refractivity contribution in [2.24, 2.45) is 17.3 Å². The van der Waals surface area contributed by atoms with E-state index in [-0.39, 0.29) is 11.3 Å². The number of nitriles is 1. The van der Waals surface area contributed by atoms with Crippen LogP contribution in [0, 0.1) is 28.6 Å². The Bertz CT molecular complexity index is 278. The van der Waals surface area contributed by atoms with Crippen LogP contribution in [0.25, 0.3) is 0 Å². The molecule has 0 saturated heterocycles. The molecule has 13 heavy (non-hydrogen) atoms. The topological polar surface area (TPSA) is 40.9 Å². The fourth-order valence-electron chi connectivity index (χ4n) is 3.02. The molecular formula is C11H15NO. The molecule has 0 aromatic heterocycles. The zero-order valence-corrected chi connectivity index (χ0v) is 8.05. The van der Waals surface area contributed by atoms with Gasteiger partial charge in [-0.25, -0.2) is 0 Å². The fourth-order valence-corrected chi connectivity index (χ4v) is 3.02. The van der Waals surface area contributed by atoms with Crippen molar-refractivity contribution >= 4 is 5.78 Å². The Labute approximate surface area is 78.9 Å². The molecule has 2 fully saturated rings. The third-order valence-electron chi connectivity index (χ3n) is 4.10. The minimum atomic E-state index is 0.155. The van der Waals surface area contributed by atoms with E-state index in [0.29, 0.717) is 18.1 Å². The summed E-state index contributed by atoms with van der Waals surface area (Å²) in [5, 5.41) is 9.00. The normalized spacial score (nSPS) is 44.2. The van der Waals surface area contributed by atoms with Crippen molar-refractivity contribution in [3.05, 3.63) is 0 Å². The smallest absolute Gasteiger partial charge is 0.133 e. The summed E-state index contributed by atoms with van der Waals surface area (Å²) in [5.41, 5.74) is 0.155. The Morgan fingerprint density at radius 2 is 2.31 bits per heavy atom. The number of carbonyl (C=O) groups is 1. The van der Waals surface area contributed by atoms with E-state index >= 15 is 0 Å². The van der Waals surface area contributed by atoms with Crippen molar-refractivity contribution in [3.63, 3.8) is 0 Å². The Hall–Kier alpha value is -0.840. The molecule has 2 aliphatic rings. The first-order valence-electron chi connectivity index (χ1n) is 5.08. The number of hydrogen-bond donors (Lipinski definition) is 0. The Morgan fingerprint density at radius 1 is 1.54 bits per heavy atom. The van der Waals surface area contributed by atoms with Gasteiger partial charge in [-0.15, -0.1) is 0 Å². The summed E-state index contributed by atoms with van der Waals surface area (Å²) in [6.07, 6.45) is 4.46. The van der Waals surface area contributed by atoms with Crippen LogP contribution in [0.5, 0.6) is 0 Å². The third kappa shape index (κ3) is 1.18. The second kappa shape index (κ2) is 2.83. The Morgan fingerprint density at radius 3 is 3.00 bits per heavy atom. The molecule has 2 nitrogen and oxygen atoms in total. The molecule has 0 spiro atoms. The van der Waals surface area contributed by atoms with Crippen LogP contribution in [0.3, 0.4) is 0 Å². The Kier molecular flexibility index (Phi) is 1.91. The molecule has 0 aromatic carbocycles. The summed E-state index contributed by atoms with van der Waals surface area (Å²) in [6, 6.07) is 2.41. The first kappa shape index (κ1) is 8.74. The number of Topliss-reactive ketones (excluding diaryl/α,β-unsaturated/α-hetero) is 1. The van der Waals surface area contributed by atoms with E-state index < -0.39 is 0 Å². The van der Waals surface area contributed by atoms with Crippen molar-refractivity contribution in [2.75, 3.05) is 0 Å². The lowest BCUT2D eigenvalue weighted by atomic mass is 9.65.